The van der Waals surface area contributed by atoms with Crippen LogP contribution in [0.15, 0.2) is 54.6 Å². The zero-order valence-corrected chi connectivity index (χ0v) is 14.7. The van der Waals surface area contributed by atoms with Crippen LogP contribution in [0.1, 0.15) is 36.6 Å². The lowest BCUT2D eigenvalue weighted by atomic mass is 10.0. The van der Waals surface area contributed by atoms with Gasteiger partial charge in [0, 0.05) is 24.6 Å². The zero-order valence-electron chi connectivity index (χ0n) is 13.9. The molecule has 0 aliphatic carbocycles. The number of methoxy groups -OCH3 is 1. The third kappa shape index (κ3) is 5.06. The zero-order chi connectivity index (χ0) is 17.5. The number of nitrogens with two attached hydrogens (primary N) is 1. The summed E-state index contributed by atoms with van der Waals surface area (Å²) < 4.78 is 5.54. The molecule has 0 saturated carbocycles. The van der Waals surface area contributed by atoms with Crippen molar-refractivity contribution in [1.82, 2.24) is 5.32 Å². The van der Waals surface area contributed by atoms with Crippen molar-refractivity contribution in [3.8, 4) is 0 Å². The molecule has 0 spiro atoms. The van der Waals surface area contributed by atoms with Crippen LogP contribution in [0.25, 0.3) is 0 Å². The van der Waals surface area contributed by atoms with Crippen LogP contribution in [0, 0.1) is 0 Å². The van der Waals surface area contributed by atoms with E-state index in [9.17, 15) is 4.79 Å². The van der Waals surface area contributed by atoms with Crippen LogP contribution in [0.2, 0.25) is 5.02 Å². The Morgan fingerprint density at radius 3 is 2.33 bits per heavy atom. The van der Waals surface area contributed by atoms with Gasteiger partial charge in [-0.1, -0.05) is 54.1 Å². The van der Waals surface area contributed by atoms with Crippen molar-refractivity contribution in [2.75, 3.05) is 7.11 Å². The number of ether oxygens (including phenoxy) is 1. The highest BCUT2D eigenvalue weighted by atomic mass is 35.5. The molecule has 0 aromatic heterocycles. The lowest BCUT2D eigenvalue weighted by molar-refractivity contribution is -0.123. The van der Waals surface area contributed by atoms with Gasteiger partial charge in [0.05, 0.1) is 6.04 Å². The van der Waals surface area contributed by atoms with E-state index in [2.05, 4.69) is 5.32 Å². The molecule has 24 heavy (non-hydrogen) atoms. The van der Waals surface area contributed by atoms with E-state index in [1.807, 2.05) is 61.5 Å². The fourth-order valence-electron chi connectivity index (χ4n) is 2.69. The average molecular weight is 347 g/mol. The summed E-state index contributed by atoms with van der Waals surface area (Å²) in [6, 6.07) is 16.5. The Hall–Kier alpha value is -1.88. The molecule has 3 N–H and O–H groups in total. The number of amides is 1. The van der Waals surface area contributed by atoms with E-state index in [-0.39, 0.29) is 30.5 Å². The number of hydrogen-bond donors (Lipinski definition) is 2. The summed E-state index contributed by atoms with van der Waals surface area (Å²) in [4.78, 5) is 12.3. The maximum absolute atomic E-state index is 12.3. The minimum atomic E-state index is -0.324. The molecule has 0 fully saturated rings. The lowest BCUT2D eigenvalue weighted by Gasteiger charge is -2.25. The fourth-order valence-corrected chi connectivity index (χ4v) is 2.81. The van der Waals surface area contributed by atoms with Gasteiger partial charge in [-0.25, -0.2) is 0 Å². The van der Waals surface area contributed by atoms with Crippen LogP contribution < -0.4 is 11.1 Å². The molecule has 0 aliphatic heterocycles. The van der Waals surface area contributed by atoms with Crippen molar-refractivity contribution in [3.05, 3.63) is 70.7 Å². The van der Waals surface area contributed by atoms with Gasteiger partial charge in [0.2, 0.25) is 5.91 Å². The van der Waals surface area contributed by atoms with Gasteiger partial charge < -0.3 is 15.8 Å². The van der Waals surface area contributed by atoms with Gasteiger partial charge in [-0.15, -0.1) is 0 Å². The molecular formula is C19H23ClN2O2. The van der Waals surface area contributed by atoms with E-state index in [0.29, 0.717) is 5.02 Å². The number of carbonyl (C=O) groups is 1. The van der Waals surface area contributed by atoms with Crippen molar-refractivity contribution in [3.63, 3.8) is 0 Å². The standard InChI is InChI=1S/C19H23ClN2O2/c1-13(19(24-2)15-8-10-16(20)11-9-15)22-18(23)12-17(21)14-6-4-3-5-7-14/h3-11,13,17,19H,12,21H2,1-2H3,(H,22,23). The third-order valence-electron chi connectivity index (χ3n) is 3.93. The Bertz CT molecular complexity index is 646. The topological polar surface area (TPSA) is 64.3 Å². The molecule has 2 aromatic carbocycles. The largest absolute Gasteiger partial charge is 0.375 e. The maximum atomic E-state index is 12.3. The maximum Gasteiger partial charge on any atom is 0.222 e. The molecule has 128 valence electrons. The van der Waals surface area contributed by atoms with E-state index >= 15 is 0 Å². The van der Waals surface area contributed by atoms with E-state index in [1.54, 1.807) is 7.11 Å². The number of benzene rings is 2. The Morgan fingerprint density at radius 2 is 1.75 bits per heavy atom. The van der Waals surface area contributed by atoms with Gasteiger partial charge in [-0.2, -0.15) is 0 Å². The summed E-state index contributed by atoms with van der Waals surface area (Å²) in [5.41, 5.74) is 8.01. The lowest BCUT2D eigenvalue weighted by Crippen LogP contribution is -2.39. The van der Waals surface area contributed by atoms with Crippen molar-refractivity contribution < 1.29 is 9.53 Å². The van der Waals surface area contributed by atoms with Crippen molar-refractivity contribution in [2.45, 2.75) is 31.5 Å². The number of halogens is 1. The minimum absolute atomic E-state index is 0.102. The first-order valence-corrected chi connectivity index (χ1v) is 8.27. The van der Waals surface area contributed by atoms with E-state index in [4.69, 9.17) is 22.1 Å². The van der Waals surface area contributed by atoms with Gasteiger partial charge in [0.15, 0.2) is 0 Å². The second-order valence-corrected chi connectivity index (χ2v) is 6.22. The summed E-state index contributed by atoms with van der Waals surface area (Å²) in [6.45, 7) is 1.91. The Labute approximate surface area is 148 Å². The Morgan fingerprint density at radius 1 is 1.12 bits per heavy atom. The third-order valence-corrected chi connectivity index (χ3v) is 4.18. The van der Waals surface area contributed by atoms with Gasteiger partial charge in [0.25, 0.3) is 0 Å². The molecule has 0 heterocycles. The summed E-state index contributed by atoms with van der Waals surface area (Å²) in [6.07, 6.45) is -0.0232. The molecule has 2 rings (SSSR count). The van der Waals surface area contributed by atoms with E-state index in [0.717, 1.165) is 11.1 Å². The quantitative estimate of drug-likeness (QED) is 0.804. The van der Waals surface area contributed by atoms with Crippen LogP contribution in [-0.2, 0) is 9.53 Å². The molecule has 0 radical (unpaired) electrons. The predicted octanol–water partition coefficient (Wildman–Crippen LogP) is 3.62. The van der Waals surface area contributed by atoms with Gasteiger partial charge in [0.1, 0.15) is 6.10 Å². The molecule has 0 bridgehead atoms. The highest BCUT2D eigenvalue weighted by Gasteiger charge is 2.21. The first kappa shape index (κ1) is 18.5. The normalized spacial score (nSPS) is 14.7. The summed E-state index contributed by atoms with van der Waals surface area (Å²) >= 11 is 5.91. The van der Waals surface area contributed by atoms with Crippen molar-refractivity contribution in [2.24, 2.45) is 5.73 Å². The molecule has 3 unspecified atom stereocenters. The average Bonchev–Trinajstić information content (AvgIpc) is 2.58. The molecule has 0 aliphatic rings. The van der Waals surface area contributed by atoms with Crippen LogP contribution in [0.4, 0.5) is 0 Å². The van der Waals surface area contributed by atoms with E-state index < -0.39 is 0 Å². The van der Waals surface area contributed by atoms with Crippen LogP contribution >= 0.6 is 11.6 Å². The second-order valence-electron chi connectivity index (χ2n) is 5.79. The number of hydrogen-bond acceptors (Lipinski definition) is 3. The number of rotatable bonds is 7. The van der Waals surface area contributed by atoms with Crippen LogP contribution in [-0.4, -0.2) is 19.1 Å². The van der Waals surface area contributed by atoms with E-state index in [1.165, 1.54) is 0 Å². The summed E-state index contributed by atoms with van der Waals surface area (Å²) in [7, 11) is 1.62. The molecule has 3 atom stereocenters. The monoisotopic (exact) mass is 346 g/mol. The molecule has 5 heteroatoms. The first-order valence-electron chi connectivity index (χ1n) is 7.89. The summed E-state index contributed by atoms with van der Waals surface area (Å²) in [5, 5.41) is 3.63. The van der Waals surface area contributed by atoms with Gasteiger partial charge in [-0.3, -0.25) is 4.79 Å². The summed E-state index contributed by atoms with van der Waals surface area (Å²) in [5.74, 6) is -0.102. The SMILES string of the molecule is COC(c1ccc(Cl)cc1)C(C)NC(=O)CC(N)c1ccccc1. The number of nitrogens with one attached hydrogen (secondary N) is 1. The minimum Gasteiger partial charge on any atom is -0.375 e. The second kappa shape index (κ2) is 8.83. The van der Waals surface area contributed by atoms with Crippen LogP contribution in [0.5, 0.6) is 0 Å². The Kier molecular flexibility index (Phi) is 6.79. The van der Waals surface area contributed by atoms with Crippen molar-refractivity contribution in [1.29, 1.82) is 0 Å². The van der Waals surface area contributed by atoms with Gasteiger partial charge in [-0.05, 0) is 30.2 Å². The molecule has 4 nitrogen and oxygen atoms in total. The predicted molar refractivity (Wildman–Crippen MR) is 96.8 cm³/mol. The molecule has 0 saturated heterocycles. The van der Waals surface area contributed by atoms with Crippen LogP contribution in [0.3, 0.4) is 0 Å². The molecule has 2 aromatic rings. The first-order chi connectivity index (χ1) is 11.5. The smallest absolute Gasteiger partial charge is 0.222 e. The highest BCUT2D eigenvalue weighted by molar-refractivity contribution is 6.30. The molecular weight excluding hydrogens is 324 g/mol. The highest BCUT2D eigenvalue weighted by Crippen LogP contribution is 2.23. The van der Waals surface area contributed by atoms with Crippen molar-refractivity contribution >= 4 is 17.5 Å². The Balaban J connectivity index is 1.95. The van der Waals surface area contributed by atoms with Gasteiger partial charge >= 0.3 is 0 Å². The fraction of sp³-hybridized carbons (Fsp3) is 0.316. The number of carbonyl (C=O) groups excluding carboxylic acids is 1. The molecule has 1 amide bonds.